The van der Waals surface area contributed by atoms with Crippen molar-refractivity contribution in [3.63, 3.8) is 0 Å². The fourth-order valence-electron chi connectivity index (χ4n) is 1.63. The van der Waals surface area contributed by atoms with Crippen molar-refractivity contribution in [2.45, 2.75) is 25.9 Å². The average Bonchev–Trinajstić information content (AvgIpc) is 2.17. The first-order valence-electron chi connectivity index (χ1n) is 4.63. The van der Waals surface area contributed by atoms with Crippen molar-refractivity contribution >= 4 is 0 Å². The van der Waals surface area contributed by atoms with Crippen molar-refractivity contribution in [3.8, 4) is 11.5 Å². The highest BCUT2D eigenvalue weighted by Gasteiger charge is 2.15. The number of ether oxygens (including phenoxy) is 2. The Morgan fingerprint density at radius 1 is 1.46 bits per heavy atom. The van der Waals surface area contributed by atoms with Crippen LogP contribution < -0.4 is 9.47 Å². The zero-order chi connectivity index (χ0) is 9.26. The second-order valence-corrected chi connectivity index (χ2v) is 3.44. The zero-order valence-corrected chi connectivity index (χ0v) is 8.04. The number of hydrogen-bond acceptors (Lipinski definition) is 2. The van der Waals surface area contributed by atoms with E-state index in [9.17, 15) is 0 Å². The highest BCUT2D eigenvalue weighted by atomic mass is 16.5. The minimum atomic E-state index is 0.348. The van der Waals surface area contributed by atoms with Gasteiger partial charge in [-0.2, -0.15) is 0 Å². The lowest BCUT2D eigenvalue weighted by Crippen LogP contribution is -2.18. The van der Waals surface area contributed by atoms with E-state index < -0.39 is 0 Å². The Labute approximate surface area is 78.5 Å². The van der Waals surface area contributed by atoms with E-state index in [1.54, 1.807) is 7.11 Å². The van der Waals surface area contributed by atoms with E-state index in [4.69, 9.17) is 9.47 Å². The van der Waals surface area contributed by atoms with E-state index in [-0.39, 0.29) is 0 Å². The summed E-state index contributed by atoms with van der Waals surface area (Å²) < 4.78 is 10.8. The molecule has 0 aliphatic carbocycles. The molecule has 2 rings (SSSR count). The standard InChI is InChI=1S/C11H14O2/c1-8-3-4-9-7-10(12-2)5-6-11(9)13-8/h5-8H,3-4H2,1-2H3. The lowest BCUT2D eigenvalue weighted by molar-refractivity contribution is 0.192. The summed E-state index contributed by atoms with van der Waals surface area (Å²) in [5.41, 5.74) is 1.26. The maximum Gasteiger partial charge on any atom is 0.123 e. The molecule has 1 aliphatic heterocycles. The quantitative estimate of drug-likeness (QED) is 0.657. The van der Waals surface area contributed by atoms with Crippen molar-refractivity contribution in [2.24, 2.45) is 0 Å². The van der Waals surface area contributed by atoms with Gasteiger partial charge in [0.25, 0.3) is 0 Å². The van der Waals surface area contributed by atoms with Crippen LogP contribution in [0.3, 0.4) is 0 Å². The van der Waals surface area contributed by atoms with Gasteiger partial charge >= 0.3 is 0 Å². The molecular weight excluding hydrogens is 164 g/mol. The van der Waals surface area contributed by atoms with Crippen LogP contribution in [-0.4, -0.2) is 13.2 Å². The van der Waals surface area contributed by atoms with Crippen molar-refractivity contribution in [3.05, 3.63) is 23.8 Å². The Morgan fingerprint density at radius 2 is 2.31 bits per heavy atom. The Morgan fingerprint density at radius 3 is 3.08 bits per heavy atom. The molecule has 0 amide bonds. The van der Waals surface area contributed by atoms with Crippen molar-refractivity contribution in [1.82, 2.24) is 0 Å². The molecule has 0 N–H and O–H groups in total. The van der Waals surface area contributed by atoms with Crippen LogP contribution in [0, 0.1) is 0 Å². The maximum atomic E-state index is 5.68. The van der Waals surface area contributed by atoms with E-state index in [0.717, 1.165) is 24.3 Å². The van der Waals surface area contributed by atoms with Gasteiger partial charge in [-0.15, -0.1) is 0 Å². The molecule has 1 aliphatic rings. The van der Waals surface area contributed by atoms with Crippen molar-refractivity contribution in [1.29, 1.82) is 0 Å². The van der Waals surface area contributed by atoms with E-state index in [2.05, 4.69) is 13.0 Å². The van der Waals surface area contributed by atoms with E-state index in [1.807, 2.05) is 12.1 Å². The molecule has 0 fully saturated rings. The molecule has 1 heterocycles. The molecule has 0 aromatic heterocycles. The summed E-state index contributed by atoms with van der Waals surface area (Å²) in [5.74, 6) is 1.93. The second-order valence-electron chi connectivity index (χ2n) is 3.44. The molecule has 2 nitrogen and oxygen atoms in total. The lowest BCUT2D eigenvalue weighted by atomic mass is 10.0. The lowest BCUT2D eigenvalue weighted by Gasteiger charge is -2.23. The number of rotatable bonds is 1. The summed E-state index contributed by atoms with van der Waals surface area (Å²) in [6, 6.07) is 5.99. The van der Waals surface area contributed by atoms with E-state index in [1.165, 1.54) is 5.56 Å². The third-order valence-electron chi connectivity index (χ3n) is 2.42. The van der Waals surface area contributed by atoms with Crippen molar-refractivity contribution < 1.29 is 9.47 Å². The number of hydrogen-bond donors (Lipinski definition) is 0. The largest absolute Gasteiger partial charge is 0.497 e. The molecular formula is C11H14O2. The summed E-state index contributed by atoms with van der Waals surface area (Å²) in [5, 5.41) is 0. The Hall–Kier alpha value is -1.18. The summed E-state index contributed by atoms with van der Waals surface area (Å²) in [7, 11) is 1.69. The van der Waals surface area contributed by atoms with Gasteiger partial charge in [-0.05, 0) is 43.5 Å². The van der Waals surface area contributed by atoms with Crippen LogP contribution in [0.5, 0.6) is 11.5 Å². The van der Waals surface area contributed by atoms with Crippen LogP contribution in [-0.2, 0) is 6.42 Å². The average molecular weight is 178 g/mol. The van der Waals surface area contributed by atoms with Crippen LogP contribution in [0.4, 0.5) is 0 Å². The first kappa shape index (κ1) is 8.42. The molecule has 0 bridgehead atoms. The van der Waals surface area contributed by atoms with Crippen LogP contribution >= 0.6 is 0 Å². The predicted molar refractivity (Wildman–Crippen MR) is 51.4 cm³/mol. The zero-order valence-electron chi connectivity index (χ0n) is 8.04. The van der Waals surface area contributed by atoms with Gasteiger partial charge in [0.1, 0.15) is 11.5 Å². The normalized spacial score (nSPS) is 20.3. The van der Waals surface area contributed by atoms with Crippen LogP contribution in [0.25, 0.3) is 0 Å². The van der Waals surface area contributed by atoms with Crippen LogP contribution in [0.1, 0.15) is 18.9 Å². The van der Waals surface area contributed by atoms with E-state index >= 15 is 0 Å². The Kier molecular flexibility index (Phi) is 2.13. The summed E-state index contributed by atoms with van der Waals surface area (Å²) in [6.07, 6.45) is 2.54. The number of methoxy groups -OCH3 is 1. The highest BCUT2D eigenvalue weighted by molar-refractivity contribution is 5.41. The van der Waals surface area contributed by atoms with Crippen molar-refractivity contribution in [2.75, 3.05) is 7.11 Å². The summed E-state index contributed by atoms with van der Waals surface area (Å²) >= 11 is 0. The fraction of sp³-hybridized carbons (Fsp3) is 0.455. The monoisotopic (exact) mass is 178 g/mol. The molecule has 0 spiro atoms. The summed E-state index contributed by atoms with van der Waals surface area (Å²) in [4.78, 5) is 0. The molecule has 2 heteroatoms. The second kappa shape index (κ2) is 3.29. The minimum absolute atomic E-state index is 0.348. The first-order chi connectivity index (χ1) is 6.29. The molecule has 1 aromatic carbocycles. The predicted octanol–water partition coefficient (Wildman–Crippen LogP) is 2.41. The molecule has 70 valence electrons. The number of fused-ring (bicyclic) bond motifs is 1. The van der Waals surface area contributed by atoms with Gasteiger partial charge in [0, 0.05) is 0 Å². The van der Waals surface area contributed by atoms with Crippen LogP contribution in [0.15, 0.2) is 18.2 Å². The fourth-order valence-corrected chi connectivity index (χ4v) is 1.63. The first-order valence-corrected chi connectivity index (χ1v) is 4.63. The van der Waals surface area contributed by atoms with Gasteiger partial charge in [-0.3, -0.25) is 0 Å². The third kappa shape index (κ3) is 1.62. The summed E-state index contributed by atoms with van der Waals surface area (Å²) in [6.45, 7) is 2.10. The molecule has 0 saturated heterocycles. The molecule has 1 unspecified atom stereocenters. The van der Waals surface area contributed by atoms with Gasteiger partial charge in [0.05, 0.1) is 13.2 Å². The topological polar surface area (TPSA) is 18.5 Å². The molecule has 0 radical (unpaired) electrons. The number of benzene rings is 1. The van der Waals surface area contributed by atoms with Gasteiger partial charge in [0.15, 0.2) is 0 Å². The highest BCUT2D eigenvalue weighted by Crippen LogP contribution is 2.30. The Bertz CT molecular complexity index is 307. The molecule has 13 heavy (non-hydrogen) atoms. The van der Waals surface area contributed by atoms with Gasteiger partial charge in [0.2, 0.25) is 0 Å². The van der Waals surface area contributed by atoms with Gasteiger partial charge in [-0.1, -0.05) is 0 Å². The van der Waals surface area contributed by atoms with Gasteiger partial charge in [-0.25, -0.2) is 0 Å². The maximum absolute atomic E-state index is 5.68. The van der Waals surface area contributed by atoms with Gasteiger partial charge < -0.3 is 9.47 Å². The SMILES string of the molecule is COc1ccc2c(c1)CCC(C)O2. The van der Waals surface area contributed by atoms with Crippen LogP contribution in [0.2, 0.25) is 0 Å². The van der Waals surface area contributed by atoms with E-state index in [0.29, 0.717) is 6.10 Å². The third-order valence-corrected chi connectivity index (χ3v) is 2.42. The molecule has 1 atom stereocenters. The number of aryl methyl sites for hydroxylation is 1. The minimum Gasteiger partial charge on any atom is -0.497 e. The molecule has 0 saturated carbocycles. The Balaban J connectivity index is 2.31. The molecule has 1 aromatic rings. The smallest absolute Gasteiger partial charge is 0.123 e.